The van der Waals surface area contributed by atoms with Gasteiger partial charge < -0.3 is 15.2 Å². The Labute approximate surface area is 102 Å². The molecule has 1 heterocycles. The fourth-order valence-corrected chi connectivity index (χ4v) is 1.09. The first kappa shape index (κ1) is 13.5. The molecule has 17 heavy (non-hydrogen) atoms. The summed E-state index contributed by atoms with van der Waals surface area (Å²) in [7, 11) is 0. The van der Waals surface area contributed by atoms with Gasteiger partial charge in [-0.2, -0.15) is 9.97 Å². The van der Waals surface area contributed by atoms with Gasteiger partial charge in [-0.15, -0.1) is 0 Å². The lowest BCUT2D eigenvalue weighted by Gasteiger charge is -2.19. The Bertz CT molecular complexity index is 367. The molecule has 2 N–H and O–H groups in total. The Balaban J connectivity index is 2.86. The molecule has 0 aliphatic rings. The van der Waals surface area contributed by atoms with Crippen LogP contribution in [0.2, 0.25) is 0 Å². The molecular formula is C12H21N3O2. The van der Waals surface area contributed by atoms with Crippen molar-refractivity contribution in [3.63, 3.8) is 0 Å². The Morgan fingerprint density at radius 3 is 2.00 bits per heavy atom. The molecule has 1 atom stereocenters. The molecule has 1 aromatic rings. The monoisotopic (exact) mass is 239 g/mol. The number of nitrogens with two attached hydrogens (primary N) is 1. The van der Waals surface area contributed by atoms with Gasteiger partial charge in [0.2, 0.25) is 11.8 Å². The maximum Gasteiger partial charge on any atom is 0.244 e. The third-order valence-electron chi connectivity index (χ3n) is 2.39. The first-order valence-corrected chi connectivity index (χ1v) is 5.85. The summed E-state index contributed by atoms with van der Waals surface area (Å²) in [5.74, 6) is 1.15. The zero-order valence-corrected chi connectivity index (χ0v) is 11.1. The van der Waals surface area contributed by atoms with Gasteiger partial charge in [-0.1, -0.05) is 13.8 Å². The molecule has 0 radical (unpaired) electrons. The molecule has 0 saturated carbocycles. The number of aromatic nitrogens is 2. The zero-order chi connectivity index (χ0) is 13.0. The van der Waals surface area contributed by atoms with Gasteiger partial charge in [0.15, 0.2) is 5.69 Å². The van der Waals surface area contributed by atoms with E-state index in [1.165, 1.54) is 6.33 Å². The van der Waals surface area contributed by atoms with Crippen LogP contribution in [0.3, 0.4) is 0 Å². The number of anilines is 1. The smallest absolute Gasteiger partial charge is 0.244 e. The molecule has 5 nitrogen and oxygen atoms in total. The maximum absolute atomic E-state index is 5.91. The molecule has 0 aliphatic carbocycles. The first-order valence-electron chi connectivity index (χ1n) is 5.85. The summed E-state index contributed by atoms with van der Waals surface area (Å²) in [6, 6.07) is 0. The van der Waals surface area contributed by atoms with Gasteiger partial charge in [-0.3, -0.25) is 0 Å². The molecule has 0 saturated heterocycles. The van der Waals surface area contributed by atoms with Crippen molar-refractivity contribution < 1.29 is 9.47 Å². The highest BCUT2D eigenvalue weighted by molar-refractivity contribution is 5.55. The van der Waals surface area contributed by atoms with Gasteiger partial charge in [0.05, 0.1) is 6.10 Å². The average Bonchev–Trinajstić information content (AvgIpc) is 2.23. The fourth-order valence-electron chi connectivity index (χ4n) is 1.09. The van der Waals surface area contributed by atoms with Gasteiger partial charge in [0.1, 0.15) is 12.4 Å². The highest BCUT2D eigenvalue weighted by Gasteiger charge is 2.16. The van der Waals surface area contributed by atoms with E-state index in [2.05, 4.69) is 23.8 Å². The van der Waals surface area contributed by atoms with E-state index >= 15 is 0 Å². The Hall–Kier alpha value is -1.52. The molecule has 0 spiro atoms. The second-order valence-electron chi connectivity index (χ2n) is 4.63. The molecule has 5 heteroatoms. The van der Waals surface area contributed by atoms with E-state index in [1.807, 2.05) is 20.8 Å². The Morgan fingerprint density at radius 2 is 1.53 bits per heavy atom. The van der Waals surface area contributed by atoms with Gasteiger partial charge >= 0.3 is 0 Å². The summed E-state index contributed by atoms with van der Waals surface area (Å²) in [6.45, 7) is 9.97. The number of nitrogens with zero attached hydrogens (tertiary/aromatic N) is 2. The second kappa shape index (κ2) is 5.70. The van der Waals surface area contributed by atoms with Crippen LogP contribution in [-0.2, 0) is 0 Å². The van der Waals surface area contributed by atoms with E-state index in [0.717, 1.165) is 0 Å². The predicted molar refractivity (Wildman–Crippen MR) is 67.1 cm³/mol. The lowest BCUT2D eigenvalue weighted by Crippen LogP contribution is -2.20. The molecule has 1 aromatic heterocycles. The van der Waals surface area contributed by atoms with Gasteiger partial charge in [-0.05, 0) is 26.7 Å². The molecule has 1 rings (SSSR count). The van der Waals surface area contributed by atoms with Crippen molar-refractivity contribution in [3.8, 4) is 11.8 Å². The molecule has 96 valence electrons. The van der Waals surface area contributed by atoms with Crippen molar-refractivity contribution >= 4 is 5.69 Å². The van der Waals surface area contributed by atoms with Gasteiger partial charge in [-0.25, -0.2) is 0 Å². The summed E-state index contributed by atoms with van der Waals surface area (Å²) in [5, 5.41) is 0. The number of rotatable bonds is 5. The normalized spacial score (nSPS) is 12.9. The summed E-state index contributed by atoms with van der Waals surface area (Å²) >= 11 is 0. The number of hydrogen-bond acceptors (Lipinski definition) is 5. The molecule has 0 fully saturated rings. The van der Waals surface area contributed by atoms with Crippen LogP contribution in [0.4, 0.5) is 5.69 Å². The van der Waals surface area contributed by atoms with E-state index < -0.39 is 0 Å². The third kappa shape index (κ3) is 3.76. The van der Waals surface area contributed by atoms with Gasteiger partial charge in [0.25, 0.3) is 0 Å². The first-order chi connectivity index (χ1) is 7.91. The lowest BCUT2D eigenvalue weighted by atomic mass is 10.1. The highest BCUT2D eigenvalue weighted by atomic mass is 16.5. The van der Waals surface area contributed by atoms with Crippen molar-refractivity contribution in [3.05, 3.63) is 6.33 Å². The van der Waals surface area contributed by atoms with Crippen molar-refractivity contribution in [1.82, 2.24) is 9.97 Å². The molecule has 0 aliphatic heterocycles. The summed E-state index contributed by atoms with van der Waals surface area (Å²) in [6.07, 6.45) is 1.46. The van der Waals surface area contributed by atoms with Crippen LogP contribution in [0.15, 0.2) is 6.33 Å². The summed E-state index contributed by atoms with van der Waals surface area (Å²) < 4.78 is 11.1. The van der Waals surface area contributed by atoms with Crippen molar-refractivity contribution in [2.45, 2.75) is 46.8 Å². The Kier molecular flexibility index (Phi) is 4.54. The predicted octanol–water partition coefficient (Wildman–Crippen LogP) is 2.27. The second-order valence-corrected chi connectivity index (χ2v) is 4.63. The van der Waals surface area contributed by atoms with Crippen LogP contribution < -0.4 is 15.2 Å². The fraction of sp³-hybridized carbons (Fsp3) is 0.667. The minimum absolute atomic E-state index is 0.0163. The van der Waals surface area contributed by atoms with Gasteiger partial charge in [0, 0.05) is 0 Å². The van der Waals surface area contributed by atoms with E-state index in [1.54, 1.807) is 0 Å². The SMILES string of the molecule is CC(C)Oc1ncnc(OC(C)C(C)C)c1N. The van der Waals surface area contributed by atoms with Crippen LogP contribution in [0.1, 0.15) is 34.6 Å². The van der Waals surface area contributed by atoms with E-state index in [4.69, 9.17) is 15.2 Å². The maximum atomic E-state index is 5.91. The average molecular weight is 239 g/mol. The minimum atomic E-state index is 0.0163. The van der Waals surface area contributed by atoms with E-state index in [-0.39, 0.29) is 12.2 Å². The largest absolute Gasteiger partial charge is 0.473 e. The molecule has 0 bridgehead atoms. The van der Waals surface area contributed by atoms with Crippen molar-refractivity contribution in [2.75, 3.05) is 5.73 Å². The van der Waals surface area contributed by atoms with E-state index in [0.29, 0.717) is 23.4 Å². The van der Waals surface area contributed by atoms with Crippen LogP contribution in [0.25, 0.3) is 0 Å². The molecule has 1 unspecified atom stereocenters. The number of ether oxygens (including phenoxy) is 2. The Morgan fingerprint density at radius 1 is 1.00 bits per heavy atom. The van der Waals surface area contributed by atoms with Crippen LogP contribution in [0, 0.1) is 5.92 Å². The van der Waals surface area contributed by atoms with Crippen LogP contribution >= 0.6 is 0 Å². The summed E-state index contributed by atoms with van der Waals surface area (Å²) in [5.41, 5.74) is 6.26. The molecule has 0 aromatic carbocycles. The van der Waals surface area contributed by atoms with Crippen molar-refractivity contribution in [2.24, 2.45) is 5.92 Å². The number of hydrogen-bond donors (Lipinski definition) is 1. The van der Waals surface area contributed by atoms with E-state index in [9.17, 15) is 0 Å². The zero-order valence-electron chi connectivity index (χ0n) is 11.1. The highest BCUT2D eigenvalue weighted by Crippen LogP contribution is 2.28. The molecule has 0 amide bonds. The quantitative estimate of drug-likeness (QED) is 0.853. The van der Waals surface area contributed by atoms with Crippen LogP contribution in [-0.4, -0.2) is 22.2 Å². The third-order valence-corrected chi connectivity index (χ3v) is 2.39. The number of nitrogen functional groups attached to an aromatic ring is 1. The van der Waals surface area contributed by atoms with Crippen LogP contribution in [0.5, 0.6) is 11.8 Å². The standard InChI is InChI=1S/C12H21N3O2/c1-7(2)9(5)17-12-10(13)11(14-6-15-12)16-8(3)4/h6-9H,13H2,1-5H3. The lowest BCUT2D eigenvalue weighted by molar-refractivity contribution is 0.162. The summed E-state index contributed by atoms with van der Waals surface area (Å²) in [4.78, 5) is 8.02. The minimum Gasteiger partial charge on any atom is -0.473 e. The van der Waals surface area contributed by atoms with Crippen molar-refractivity contribution in [1.29, 1.82) is 0 Å². The molecular weight excluding hydrogens is 218 g/mol. The topological polar surface area (TPSA) is 70.3 Å².